The normalized spacial score (nSPS) is 10.4. The van der Waals surface area contributed by atoms with Crippen LogP contribution in [-0.4, -0.2) is 11.8 Å². The lowest BCUT2D eigenvalue weighted by Crippen LogP contribution is -2.11. The minimum Gasteiger partial charge on any atom is -0.459 e. The third-order valence-electron chi connectivity index (χ3n) is 3.21. The van der Waals surface area contributed by atoms with Crippen molar-refractivity contribution in [3.8, 4) is 0 Å². The number of hydrogen-bond donors (Lipinski definition) is 2. The van der Waals surface area contributed by atoms with Crippen LogP contribution in [0.15, 0.2) is 53.1 Å². The fraction of sp³-hybridized carbons (Fsp3) is 0.0588. The van der Waals surface area contributed by atoms with Crippen LogP contribution >= 0.6 is 11.3 Å². The molecule has 0 aliphatic carbocycles. The summed E-state index contributed by atoms with van der Waals surface area (Å²) in [4.78, 5) is 24.7. The summed E-state index contributed by atoms with van der Waals surface area (Å²) >= 11 is 1.16. The zero-order valence-electron chi connectivity index (χ0n) is 12.6. The minimum absolute atomic E-state index is 0.193. The van der Waals surface area contributed by atoms with Crippen LogP contribution in [0.2, 0.25) is 0 Å². The maximum atomic E-state index is 12.9. The third kappa shape index (κ3) is 3.52. The fourth-order valence-corrected chi connectivity index (χ4v) is 3.03. The van der Waals surface area contributed by atoms with E-state index in [-0.39, 0.29) is 23.4 Å². The van der Waals surface area contributed by atoms with Crippen molar-refractivity contribution in [1.29, 1.82) is 0 Å². The number of nitrogens with one attached hydrogen (secondary N) is 2. The molecule has 0 unspecified atom stereocenters. The summed E-state index contributed by atoms with van der Waals surface area (Å²) < 4.78 is 17.9. The number of carbonyl (C=O) groups excluding carboxylic acids is 2. The van der Waals surface area contributed by atoms with Crippen molar-refractivity contribution >= 4 is 33.8 Å². The highest BCUT2D eigenvalue weighted by Gasteiger charge is 2.16. The first-order valence-corrected chi connectivity index (χ1v) is 7.87. The Morgan fingerprint density at radius 3 is 2.50 bits per heavy atom. The lowest BCUT2D eigenvalue weighted by Gasteiger charge is -2.04. The van der Waals surface area contributed by atoms with Crippen molar-refractivity contribution in [2.45, 2.75) is 6.92 Å². The van der Waals surface area contributed by atoms with Gasteiger partial charge in [-0.2, -0.15) is 0 Å². The van der Waals surface area contributed by atoms with Crippen LogP contribution in [0.3, 0.4) is 0 Å². The summed E-state index contributed by atoms with van der Waals surface area (Å²) in [5, 5.41) is 5.92. The second kappa shape index (κ2) is 6.67. The average molecular weight is 344 g/mol. The molecule has 3 aromatic rings. The van der Waals surface area contributed by atoms with Crippen molar-refractivity contribution < 1.29 is 18.4 Å². The molecule has 24 heavy (non-hydrogen) atoms. The molecule has 0 saturated carbocycles. The summed E-state index contributed by atoms with van der Waals surface area (Å²) in [5.74, 6) is -0.879. The van der Waals surface area contributed by atoms with Crippen LogP contribution < -0.4 is 10.6 Å². The number of benzene rings is 1. The molecule has 7 heteroatoms. The van der Waals surface area contributed by atoms with Gasteiger partial charge in [0.05, 0.1) is 16.1 Å². The van der Waals surface area contributed by atoms with Gasteiger partial charge in [-0.05, 0) is 55.0 Å². The number of halogens is 1. The molecule has 0 bridgehead atoms. The van der Waals surface area contributed by atoms with Gasteiger partial charge in [-0.1, -0.05) is 0 Å². The molecule has 0 saturated heterocycles. The van der Waals surface area contributed by atoms with Gasteiger partial charge < -0.3 is 15.1 Å². The molecular formula is C17H13FN2O3S. The molecule has 2 aromatic heterocycles. The van der Waals surface area contributed by atoms with Crippen molar-refractivity contribution in [1.82, 2.24) is 0 Å². The third-order valence-corrected chi connectivity index (χ3v) is 4.36. The Hall–Kier alpha value is -2.93. The predicted molar refractivity (Wildman–Crippen MR) is 90.1 cm³/mol. The number of thiophene rings is 1. The quantitative estimate of drug-likeness (QED) is 0.741. The van der Waals surface area contributed by atoms with E-state index in [2.05, 4.69) is 10.6 Å². The number of anilines is 2. The molecule has 0 fully saturated rings. The van der Waals surface area contributed by atoms with E-state index in [1.807, 2.05) is 0 Å². The first kappa shape index (κ1) is 15.9. The Labute approximate surface area is 141 Å². The molecular weight excluding hydrogens is 331 g/mol. The molecule has 0 radical (unpaired) electrons. The Morgan fingerprint density at radius 2 is 1.83 bits per heavy atom. The van der Waals surface area contributed by atoms with Gasteiger partial charge in [-0.3, -0.25) is 9.59 Å². The second-order valence-electron chi connectivity index (χ2n) is 5.02. The minimum atomic E-state index is -0.383. The van der Waals surface area contributed by atoms with Crippen molar-refractivity contribution in [2.75, 3.05) is 10.6 Å². The van der Waals surface area contributed by atoms with Crippen LogP contribution in [0, 0.1) is 12.7 Å². The molecule has 0 atom stereocenters. The van der Waals surface area contributed by atoms with E-state index in [4.69, 9.17) is 4.42 Å². The van der Waals surface area contributed by atoms with E-state index >= 15 is 0 Å². The van der Waals surface area contributed by atoms with E-state index in [0.717, 1.165) is 16.9 Å². The maximum Gasteiger partial charge on any atom is 0.291 e. The SMILES string of the molecule is Cc1cc(NC(=O)c2ccco2)sc1C(=O)Nc1ccc(F)cc1. The summed E-state index contributed by atoms with van der Waals surface area (Å²) in [6, 6.07) is 10.4. The molecule has 1 aromatic carbocycles. The largest absolute Gasteiger partial charge is 0.459 e. The number of hydrogen-bond acceptors (Lipinski definition) is 4. The molecule has 2 N–H and O–H groups in total. The highest BCUT2D eigenvalue weighted by atomic mass is 32.1. The van der Waals surface area contributed by atoms with E-state index in [1.165, 1.54) is 30.5 Å². The Morgan fingerprint density at radius 1 is 1.08 bits per heavy atom. The Kier molecular flexibility index (Phi) is 4.43. The summed E-state index contributed by atoms with van der Waals surface area (Å²) in [5.41, 5.74) is 1.23. The molecule has 3 rings (SSSR count). The molecule has 0 aliphatic rings. The highest BCUT2D eigenvalue weighted by Crippen LogP contribution is 2.28. The number of amides is 2. The zero-order valence-corrected chi connectivity index (χ0v) is 13.4. The van der Waals surface area contributed by atoms with Gasteiger partial charge in [-0.25, -0.2) is 4.39 Å². The molecule has 0 aliphatic heterocycles. The lowest BCUT2D eigenvalue weighted by molar-refractivity contribution is 0.0995. The van der Waals surface area contributed by atoms with Crippen LogP contribution in [0.5, 0.6) is 0 Å². The number of carbonyl (C=O) groups is 2. The van der Waals surface area contributed by atoms with E-state index in [0.29, 0.717) is 15.6 Å². The van der Waals surface area contributed by atoms with E-state index < -0.39 is 0 Å². The summed E-state index contributed by atoms with van der Waals surface area (Å²) in [6.45, 7) is 1.78. The Balaban J connectivity index is 1.72. The van der Waals surface area contributed by atoms with Gasteiger partial charge in [0.25, 0.3) is 11.8 Å². The van der Waals surface area contributed by atoms with Gasteiger partial charge >= 0.3 is 0 Å². The maximum absolute atomic E-state index is 12.9. The predicted octanol–water partition coefficient (Wildman–Crippen LogP) is 4.29. The molecule has 2 heterocycles. The lowest BCUT2D eigenvalue weighted by atomic mass is 10.2. The molecule has 122 valence electrons. The number of aryl methyl sites for hydroxylation is 1. The van der Waals surface area contributed by atoms with Crippen molar-refractivity contribution in [2.24, 2.45) is 0 Å². The van der Waals surface area contributed by atoms with Gasteiger partial charge in [0.1, 0.15) is 5.82 Å². The van der Waals surface area contributed by atoms with Gasteiger partial charge in [0.2, 0.25) is 0 Å². The second-order valence-corrected chi connectivity index (χ2v) is 6.07. The zero-order chi connectivity index (χ0) is 17.1. The van der Waals surface area contributed by atoms with Crippen LogP contribution in [0.4, 0.5) is 15.1 Å². The van der Waals surface area contributed by atoms with Crippen molar-refractivity contribution in [3.05, 3.63) is 70.7 Å². The first-order valence-electron chi connectivity index (χ1n) is 7.05. The highest BCUT2D eigenvalue weighted by molar-refractivity contribution is 7.18. The molecule has 2 amide bonds. The van der Waals surface area contributed by atoms with Gasteiger partial charge in [-0.15, -0.1) is 11.3 Å². The first-order chi connectivity index (χ1) is 11.5. The number of rotatable bonds is 4. The van der Waals surface area contributed by atoms with Crippen molar-refractivity contribution in [3.63, 3.8) is 0 Å². The molecule has 0 spiro atoms. The van der Waals surface area contributed by atoms with E-state index in [9.17, 15) is 14.0 Å². The van der Waals surface area contributed by atoms with E-state index in [1.54, 1.807) is 25.1 Å². The van der Waals surface area contributed by atoms with Gasteiger partial charge in [0, 0.05) is 5.69 Å². The summed E-state index contributed by atoms with van der Waals surface area (Å²) in [7, 11) is 0. The Bertz CT molecular complexity index is 870. The smallest absolute Gasteiger partial charge is 0.291 e. The van der Waals surface area contributed by atoms with Crippen LogP contribution in [-0.2, 0) is 0 Å². The summed E-state index contributed by atoms with van der Waals surface area (Å²) in [6.07, 6.45) is 1.41. The standard InChI is InChI=1S/C17H13FN2O3S/c1-10-9-14(20-16(21)13-3-2-8-23-13)24-15(10)17(22)19-12-6-4-11(18)5-7-12/h2-9H,1H3,(H,19,22)(H,20,21). The number of furan rings is 1. The molecule has 5 nitrogen and oxygen atoms in total. The monoisotopic (exact) mass is 344 g/mol. The fourth-order valence-electron chi connectivity index (χ4n) is 2.07. The van der Waals surface area contributed by atoms with Crippen LogP contribution in [0.1, 0.15) is 25.8 Å². The topological polar surface area (TPSA) is 71.3 Å². The average Bonchev–Trinajstić information content (AvgIpc) is 3.19. The van der Waals surface area contributed by atoms with Gasteiger partial charge in [0.15, 0.2) is 5.76 Å². The van der Waals surface area contributed by atoms with Crippen LogP contribution in [0.25, 0.3) is 0 Å².